The smallest absolute Gasteiger partial charge is 0.0431 e. The molecule has 62 valence electrons. The number of rotatable bonds is 5. The van der Waals surface area contributed by atoms with E-state index in [0.717, 1.165) is 19.3 Å². The van der Waals surface area contributed by atoms with Gasteiger partial charge in [0.25, 0.3) is 0 Å². The highest BCUT2D eigenvalue weighted by Crippen LogP contribution is 2.20. The van der Waals surface area contributed by atoms with Crippen molar-refractivity contribution in [2.45, 2.75) is 44.3 Å². The summed E-state index contributed by atoms with van der Waals surface area (Å²) in [6.07, 6.45) is 4.37. The zero-order chi connectivity index (χ0) is 8.04. The second-order valence-electron chi connectivity index (χ2n) is 3.35. The lowest BCUT2D eigenvalue weighted by Crippen LogP contribution is -2.09. The molecule has 0 aromatic rings. The van der Waals surface area contributed by atoms with Crippen LogP contribution in [0, 0.1) is 0 Å². The van der Waals surface area contributed by atoms with Crippen LogP contribution in [0.15, 0.2) is 0 Å². The summed E-state index contributed by atoms with van der Waals surface area (Å²) in [6, 6.07) is 0. The first-order chi connectivity index (χ1) is 4.56. The first-order valence-electron chi connectivity index (χ1n) is 3.89. The molecule has 0 aliphatic carbocycles. The van der Waals surface area contributed by atoms with E-state index in [1.807, 2.05) is 0 Å². The average molecular weight is 162 g/mol. The number of aliphatic hydroxyl groups is 1. The monoisotopic (exact) mass is 162 g/mol. The molecule has 0 saturated carbocycles. The Morgan fingerprint density at radius 2 is 1.80 bits per heavy atom. The summed E-state index contributed by atoms with van der Waals surface area (Å²) in [5, 5.41) is 8.48. The fourth-order valence-corrected chi connectivity index (χ4v) is 1.00. The van der Waals surface area contributed by atoms with Crippen LogP contribution in [0.3, 0.4) is 0 Å². The van der Waals surface area contributed by atoms with E-state index in [4.69, 9.17) is 5.11 Å². The Balaban J connectivity index is 3.04. The van der Waals surface area contributed by atoms with Gasteiger partial charge >= 0.3 is 0 Å². The lowest BCUT2D eigenvalue weighted by atomic mass is 10.0. The molecule has 0 amide bonds. The lowest BCUT2D eigenvalue weighted by Gasteiger charge is -2.16. The van der Waals surface area contributed by atoms with Crippen LogP contribution in [0.2, 0.25) is 0 Å². The van der Waals surface area contributed by atoms with Gasteiger partial charge in [0.15, 0.2) is 0 Å². The molecule has 0 rings (SSSR count). The van der Waals surface area contributed by atoms with E-state index >= 15 is 0 Å². The molecule has 0 spiro atoms. The molecule has 0 aromatic carbocycles. The Morgan fingerprint density at radius 3 is 2.20 bits per heavy atom. The van der Waals surface area contributed by atoms with Crippen molar-refractivity contribution in [3.8, 4) is 0 Å². The molecule has 0 unspecified atom stereocenters. The fourth-order valence-electron chi connectivity index (χ4n) is 0.846. The van der Waals surface area contributed by atoms with E-state index in [0.29, 0.717) is 6.61 Å². The zero-order valence-corrected chi connectivity index (χ0v) is 7.82. The average Bonchev–Trinajstić information content (AvgIpc) is 1.78. The Hall–Kier alpha value is 0.310. The minimum atomic E-state index is 0.162. The number of aliphatic hydroxyl groups excluding tert-OH is 1. The predicted octanol–water partition coefficient (Wildman–Crippen LogP) is 2.25. The summed E-state index contributed by atoms with van der Waals surface area (Å²) in [5.74, 6) is 0. The summed E-state index contributed by atoms with van der Waals surface area (Å²) in [7, 11) is 0. The van der Waals surface area contributed by atoms with Gasteiger partial charge in [-0.3, -0.25) is 0 Å². The molecule has 1 N–H and O–H groups in total. The maximum atomic E-state index is 8.48. The van der Waals surface area contributed by atoms with Crippen LogP contribution in [0.1, 0.15) is 39.5 Å². The van der Waals surface area contributed by atoms with Crippen molar-refractivity contribution < 1.29 is 5.11 Å². The SMILES string of the molecule is CC(C)(S)CCCCCO. The number of hydrogen-bond acceptors (Lipinski definition) is 2. The van der Waals surface area contributed by atoms with Gasteiger partial charge in [0, 0.05) is 11.4 Å². The van der Waals surface area contributed by atoms with Crippen LogP contribution in [-0.4, -0.2) is 16.5 Å². The number of unbranched alkanes of at least 4 members (excludes halogenated alkanes) is 2. The van der Waals surface area contributed by atoms with Crippen LogP contribution in [-0.2, 0) is 0 Å². The lowest BCUT2D eigenvalue weighted by molar-refractivity contribution is 0.282. The Bertz CT molecular complexity index is 75.8. The molecule has 0 heterocycles. The summed E-state index contributed by atoms with van der Waals surface area (Å²) in [6.45, 7) is 4.57. The molecule has 0 bridgehead atoms. The van der Waals surface area contributed by atoms with E-state index < -0.39 is 0 Å². The third kappa shape index (κ3) is 8.31. The van der Waals surface area contributed by atoms with Crippen molar-refractivity contribution in [1.82, 2.24) is 0 Å². The fraction of sp³-hybridized carbons (Fsp3) is 1.00. The maximum absolute atomic E-state index is 8.48. The molecule has 0 fully saturated rings. The molecule has 2 heteroatoms. The Morgan fingerprint density at radius 1 is 1.20 bits per heavy atom. The number of thiol groups is 1. The molecule has 0 aliphatic rings. The van der Waals surface area contributed by atoms with Gasteiger partial charge in [-0.05, 0) is 12.8 Å². The summed E-state index contributed by atoms with van der Waals surface area (Å²) < 4.78 is 0.162. The van der Waals surface area contributed by atoms with Crippen molar-refractivity contribution >= 4 is 12.6 Å². The molecule has 0 aromatic heterocycles. The van der Waals surface area contributed by atoms with Crippen molar-refractivity contribution in [2.24, 2.45) is 0 Å². The van der Waals surface area contributed by atoms with Crippen LogP contribution < -0.4 is 0 Å². The van der Waals surface area contributed by atoms with Gasteiger partial charge in [0.1, 0.15) is 0 Å². The van der Waals surface area contributed by atoms with Crippen molar-refractivity contribution in [2.75, 3.05) is 6.61 Å². The van der Waals surface area contributed by atoms with Crippen molar-refractivity contribution in [1.29, 1.82) is 0 Å². The van der Waals surface area contributed by atoms with Crippen LogP contribution in [0.4, 0.5) is 0 Å². The zero-order valence-electron chi connectivity index (χ0n) is 6.93. The van der Waals surface area contributed by atoms with Gasteiger partial charge in [-0.2, -0.15) is 12.6 Å². The predicted molar refractivity (Wildman–Crippen MR) is 48.6 cm³/mol. The Kier molecular flexibility index (Phi) is 5.18. The third-order valence-electron chi connectivity index (χ3n) is 1.45. The summed E-state index contributed by atoms with van der Waals surface area (Å²) >= 11 is 4.39. The van der Waals surface area contributed by atoms with E-state index in [1.165, 1.54) is 6.42 Å². The molecule has 0 atom stereocenters. The van der Waals surface area contributed by atoms with Crippen LogP contribution >= 0.6 is 12.6 Å². The molecule has 10 heavy (non-hydrogen) atoms. The minimum Gasteiger partial charge on any atom is -0.396 e. The van der Waals surface area contributed by atoms with Gasteiger partial charge < -0.3 is 5.11 Å². The van der Waals surface area contributed by atoms with E-state index in [1.54, 1.807) is 0 Å². The molecule has 0 aliphatic heterocycles. The molecule has 0 saturated heterocycles. The van der Waals surface area contributed by atoms with Gasteiger partial charge in [0.05, 0.1) is 0 Å². The highest BCUT2D eigenvalue weighted by molar-refractivity contribution is 7.81. The number of hydrogen-bond donors (Lipinski definition) is 2. The second kappa shape index (κ2) is 5.03. The van der Waals surface area contributed by atoms with E-state index in [-0.39, 0.29) is 4.75 Å². The maximum Gasteiger partial charge on any atom is 0.0431 e. The standard InChI is InChI=1S/C8H18OS/c1-8(2,10)6-4-3-5-7-9/h9-10H,3-7H2,1-2H3. The van der Waals surface area contributed by atoms with Gasteiger partial charge in [0.2, 0.25) is 0 Å². The summed E-state index contributed by atoms with van der Waals surface area (Å²) in [4.78, 5) is 0. The quantitative estimate of drug-likeness (QED) is 0.469. The molecule has 0 radical (unpaired) electrons. The first-order valence-corrected chi connectivity index (χ1v) is 4.34. The topological polar surface area (TPSA) is 20.2 Å². The van der Waals surface area contributed by atoms with Crippen LogP contribution in [0.25, 0.3) is 0 Å². The summed E-state index contributed by atoms with van der Waals surface area (Å²) in [5.41, 5.74) is 0. The molecular weight excluding hydrogens is 144 g/mol. The second-order valence-corrected chi connectivity index (χ2v) is 4.56. The minimum absolute atomic E-state index is 0.162. The highest BCUT2D eigenvalue weighted by Gasteiger charge is 2.09. The Labute approximate surface area is 69.2 Å². The van der Waals surface area contributed by atoms with Crippen LogP contribution in [0.5, 0.6) is 0 Å². The molecular formula is C8H18OS. The van der Waals surface area contributed by atoms with E-state index in [2.05, 4.69) is 26.5 Å². The van der Waals surface area contributed by atoms with Gasteiger partial charge in [-0.25, -0.2) is 0 Å². The van der Waals surface area contributed by atoms with E-state index in [9.17, 15) is 0 Å². The highest BCUT2D eigenvalue weighted by atomic mass is 32.1. The van der Waals surface area contributed by atoms with Gasteiger partial charge in [-0.15, -0.1) is 0 Å². The normalized spacial score (nSPS) is 12.0. The molecule has 1 nitrogen and oxygen atoms in total. The largest absolute Gasteiger partial charge is 0.396 e. The van der Waals surface area contributed by atoms with Crippen molar-refractivity contribution in [3.05, 3.63) is 0 Å². The third-order valence-corrected chi connectivity index (χ3v) is 1.67. The van der Waals surface area contributed by atoms with Gasteiger partial charge in [-0.1, -0.05) is 26.7 Å². The van der Waals surface area contributed by atoms with Crippen molar-refractivity contribution in [3.63, 3.8) is 0 Å². The first kappa shape index (κ1) is 10.3.